The fraction of sp³-hybridized carbons (Fsp3) is 0.0909. The molecular formula is C22H19FN2O5S. The van der Waals surface area contributed by atoms with Crippen molar-refractivity contribution in [3.8, 4) is 0 Å². The Morgan fingerprint density at radius 2 is 1.58 bits per heavy atom. The number of hydrogen-bond donors (Lipinski definition) is 2. The largest absolute Gasteiger partial charge is 0.462 e. The molecule has 31 heavy (non-hydrogen) atoms. The van der Waals surface area contributed by atoms with E-state index < -0.39 is 27.7 Å². The number of nitrogens with one attached hydrogen (secondary N) is 2. The van der Waals surface area contributed by atoms with Crippen molar-refractivity contribution in [2.45, 2.75) is 11.8 Å². The third-order valence-corrected chi connectivity index (χ3v) is 5.55. The molecule has 7 nitrogen and oxygen atoms in total. The highest BCUT2D eigenvalue weighted by Crippen LogP contribution is 2.19. The molecule has 160 valence electrons. The fourth-order valence-electron chi connectivity index (χ4n) is 2.66. The summed E-state index contributed by atoms with van der Waals surface area (Å²) < 4.78 is 45.2. The van der Waals surface area contributed by atoms with Gasteiger partial charge in [-0.1, -0.05) is 6.07 Å². The molecule has 0 bridgehead atoms. The van der Waals surface area contributed by atoms with E-state index in [-0.39, 0.29) is 22.8 Å². The molecule has 0 saturated carbocycles. The maximum atomic E-state index is 13.0. The van der Waals surface area contributed by atoms with Crippen molar-refractivity contribution in [1.29, 1.82) is 0 Å². The maximum absolute atomic E-state index is 13.0. The van der Waals surface area contributed by atoms with Gasteiger partial charge in [0.05, 0.1) is 17.1 Å². The van der Waals surface area contributed by atoms with Crippen LogP contribution in [0.15, 0.2) is 77.7 Å². The van der Waals surface area contributed by atoms with E-state index in [1.807, 2.05) is 0 Å². The van der Waals surface area contributed by atoms with Crippen LogP contribution in [0.25, 0.3) is 0 Å². The lowest BCUT2D eigenvalue weighted by Gasteiger charge is -2.10. The molecule has 0 aliphatic carbocycles. The number of ether oxygens (including phenoxy) is 1. The van der Waals surface area contributed by atoms with Gasteiger partial charge in [0.15, 0.2) is 0 Å². The van der Waals surface area contributed by atoms with Gasteiger partial charge in [-0.3, -0.25) is 9.52 Å². The number of carbonyl (C=O) groups excluding carboxylic acids is 2. The lowest BCUT2D eigenvalue weighted by atomic mass is 10.1. The zero-order chi connectivity index (χ0) is 22.4. The van der Waals surface area contributed by atoms with Crippen LogP contribution >= 0.6 is 0 Å². The minimum Gasteiger partial charge on any atom is -0.462 e. The third kappa shape index (κ3) is 5.67. The summed E-state index contributed by atoms with van der Waals surface area (Å²) in [5.41, 5.74) is 1.20. The first-order valence-corrected chi connectivity index (χ1v) is 10.7. The standard InChI is InChI=1S/C22H19FN2O5S/c1-2-30-22(27)15-6-10-18(11-7-15)24-21(26)16-4-3-5-19(14-16)25-31(28,29)20-12-8-17(23)9-13-20/h3-14,25H,2H2,1H3,(H,24,26). The summed E-state index contributed by atoms with van der Waals surface area (Å²) in [6, 6.07) is 16.5. The molecule has 0 aliphatic rings. The molecule has 0 unspecified atom stereocenters. The van der Waals surface area contributed by atoms with Gasteiger partial charge in [-0.15, -0.1) is 0 Å². The van der Waals surface area contributed by atoms with Crippen molar-refractivity contribution in [3.63, 3.8) is 0 Å². The Hall–Kier alpha value is -3.72. The van der Waals surface area contributed by atoms with Crippen LogP contribution in [0.4, 0.5) is 15.8 Å². The molecule has 0 atom stereocenters. The van der Waals surface area contributed by atoms with E-state index in [1.165, 1.54) is 36.4 Å². The van der Waals surface area contributed by atoms with E-state index in [9.17, 15) is 22.4 Å². The van der Waals surface area contributed by atoms with E-state index in [2.05, 4.69) is 10.0 Å². The topological polar surface area (TPSA) is 102 Å². The van der Waals surface area contributed by atoms with Crippen molar-refractivity contribution >= 4 is 33.3 Å². The summed E-state index contributed by atoms with van der Waals surface area (Å²) >= 11 is 0. The van der Waals surface area contributed by atoms with Crippen LogP contribution in [0.1, 0.15) is 27.6 Å². The Morgan fingerprint density at radius 1 is 0.903 bits per heavy atom. The Kier molecular flexibility index (Phi) is 6.66. The van der Waals surface area contributed by atoms with Crippen LogP contribution in [0.2, 0.25) is 0 Å². The number of esters is 1. The maximum Gasteiger partial charge on any atom is 0.338 e. The summed E-state index contributed by atoms with van der Waals surface area (Å²) in [5.74, 6) is -1.47. The normalized spacial score (nSPS) is 10.9. The third-order valence-electron chi connectivity index (χ3n) is 4.15. The number of carbonyl (C=O) groups is 2. The van der Waals surface area contributed by atoms with E-state index in [1.54, 1.807) is 19.1 Å². The van der Waals surface area contributed by atoms with Crippen LogP contribution in [-0.2, 0) is 14.8 Å². The van der Waals surface area contributed by atoms with Gasteiger partial charge >= 0.3 is 5.97 Å². The van der Waals surface area contributed by atoms with Crippen molar-refractivity contribution < 1.29 is 27.1 Å². The molecule has 3 aromatic carbocycles. The predicted molar refractivity (Wildman–Crippen MR) is 114 cm³/mol. The van der Waals surface area contributed by atoms with Crippen molar-refractivity contribution in [3.05, 3.63) is 89.7 Å². The van der Waals surface area contributed by atoms with Gasteiger partial charge in [0, 0.05) is 16.9 Å². The Labute approximate surface area is 178 Å². The SMILES string of the molecule is CCOC(=O)c1ccc(NC(=O)c2cccc(NS(=O)(=O)c3ccc(F)cc3)c2)cc1. The van der Waals surface area contributed by atoms with Gasteiger partial charge in [-0.2, -0.15) is 0 Å². The Morgan fingerprint density at radius 3 is 2.23 bits per heavy atom. The minimum atomic E-state index is -3.94. The lowest BCUT2D eigenvalue weighted by Crippen LogP contribution is -2.15. The first kappa shape index (κ1) is 22.0. The van der Waals surface area contributed by atoms with Gasteiger partial charge in [0.1, 0.15) is 5.82 Å². The summed E-state index contributed by atoms with van der Waals surface area (Å²) in [5, 5.41) is 2.67. The highest BCUT2D eigenvalue weighted by Gasteiger charge is 2.15. The van der Waals surface area contributed by atoms with Gasteiger partial charge in [-0.25, -0.2) is 17.6 Å². The van der Waals surface area contributed by atoms with Crippen LogP contribution in [0.3, 0.4) is 0 Å². The van der Waals surface area contributed by atoms with Crippen molar-refractivity contribution in [1.82, 2.24) is 0 Å². The molecular weight excluding hydrogens is 423 g/mol. The number of rotatable bonds is 7. The first-order chi connectivity index (χ1) is 14.8. The second kappa shape index (κ2) is 9.40. The molecule has 1 amide bonds. The predicted octanol–water partition coefficient (Wildman–Crippen LogP) is 4.06. The van der Waals surface area contributed by atoms with Crippen molar-refractivity contribution in [2.75, 3.05) is 16.6 Å². The van der Waals surface area contributed by atoms with Gasteiger partial charge in [0.25, 0.3) is 15.9 Å². The van der Waals surface area contributed by atoms with Crippen LogP contribution in [-0.4, -0.2) is 26.9 Å². The average Bonchev–Trinajstić information content (AvgIpc) is 2.74. The summed E-state index contributed by atoms with van der Waals surface area (Å²) in [6.07, 6.45) is 0. The Bertz CT molecular complexity index is 1190. The number of amides is 1. The molecule has 2 N–H and O–H groups in total. The number of benzene rings is 3. The highest BCUT2D eigenvalue weighted by atomic mass is 32.2. The molecule has 0 aliphatic heterocycles. The minimum absolute atomic E-state index is 0.106. The smallest absolute Gasteiger partial charge is 0.338 e. The van der Waals surface area contributed by atoms with Gasteiger partial charge in [-0.05, 0) is 73.7 Å². The first-order valence-electron chi connectivity index (χ1n) is 9.25. The molecule has 9 heteroatoms. The molecule has 0 aromatic heterocycles. The zero-order valence-corrected chi connectivity index (χ0v) is 17.3. The van der Waals surface area contributed by atoms with Gasteiger partial charge < -0.3 is 10.1 Å². The lowest BCUT2D eigenvalue weighted by molar-refractivity contribution is 0.0526. The second-order valence-electron chi connectivity index (χ2n) is 6.39. The quantitative estimate of drug-likeness (QED) is 0.538. The van der Waals surface area contributed by atoms with Gasteiger partial charge in [0.2, 0.25) is 0 Å². The van der Waals surface area contributed by atoms with Crippen LogP contribution in [0, 0.1) is 5.82 Å². The van der Waals surface area contributed by atoms with E-state index in [4.69, 9.17) is 4.74 Å². The van der Waals surface area contributed by atoms with E-state index >= 15 is 0 Å². The van der Waals surface area contributed by atoms with Crippen LogP contribution < -0.4 is 10.0 Å². The highest BCUT2D eigenvalue weighted by molar-refractivity contribution is 7.92. The molecule has 0 heterocycles. The molecule has 0 fully saturated rings. The molecule has 0 saturated heterocycles. The summed E-state index contributed by atoms with van der Waals surface area (Å²) in [7, 11) is -3.94. The Balaban J connectivity index is 1.71. The number of hydrogen-bond acceptors (Lipinski definition) is 5. The number of sulfonamides is 1. The molecule has 3 aromatic rings. The molecule has 0 radical (unpaired) electrons. The fourth-order valence-corrected chi connectivity index (χ4v) is 3.71. The van der Waals surface area contributed by atoms with E-state index in [0.29, 0.717) is 11.3 Å². The number of halogens is 1. The number of anilines is 2. The van der Waals surface area contributed by atoms with Crippen molar-refractivity contribution in [2.24, 2.45) is 0 Å². The summed E-state index contributed by atoms with van der Waals surface area (Å²) in [4.78, 5) is 24.1. The second-order valence-corrected chi connectivity index (χ2v) is 8.07. The molecule has 0 spiro atoms. The monoisotopic (exact) mass is 442 g/mol. The molecule has 3 rings (SSSR count). The average molecular weight is 442 g/mol. The summed E-state index contributed by atoms with van der Waals surface area (Å²) in [6.45, 7) is 1.97. The van der Waals surface area contributed by atoms with E-state index in [0.717, 1.165) is 24.3 Å². The zero-order valence-electron chi connectivity index (χ0n) is 16.5. The van der Waals surface area contributed by atoms with Crippen LogP contribution in [0.5, 0.6) is 0 Å².